The largest absolute Gasteiger partial charge is 0.512 e. The van der Waals surface area contributed by atoms with Gasteiger partial charge in [0.1, 0.15) is 28.6 Å². The number of carboxylic acid groups (broad SMARTS) is 1. The fourth-order valence-corrected chi connectivity index (χ4v) is 5.08. The summed E-state index contributed by atoms with van der Waals surface area (Å²) < 4.78 is 8.86. The highest BCUT2D eigenvalue weighted by Crippen LogP contribution is 2.38. The average Bonchev–Trinajstić information content (AvgIpc) is 3.54. The summed E-state index contributed by atoms with van der Waals surface area (Å²) in [6.45, 7) is 15.6. The zero-order valence-corrected chi connectivity index (χ0v) is 25.0. The molecule has 0 aliphatic rings. The number of pyridine rings is 2. The molecule has 0 fully saturated rings. The van der Waals surface area contributed by atoms with Gasteiger partial charge in [-0.1, -0.05) is 24.7 Å². The first-order valence-corrected chi connectivity index (χ1v) is 14.2. The van der Waals surface area contributed by atoms with Crippen molar-refractivity contribution in [1.29, 1.82) is 0 Å². The number of fused-ring (bicyclic) bond motifs is 2. The summed E-state index contributed by atoms with van der Waals surface area (Å²) in [6, 6.07) is 11.7. The molecule has 10 heteroatoms. The second-order valence-corrected chi connectivity index (χ2v) is 11.9. The quantitative estimate of drug-likeness (QED) is 0.137. The lowest BCUT2D eigenvalue weighted by Crippen LogP contribution is -2.27. The Hall–Kier alpha value is -4.05. The highest BCUT2D eigenvalue weighted by Gasteiger charge is 2.21. The highest BCUT2D eigenvalue weighted by molar-refractivity contribution is 7.17. The number of aromatic nitrogens is 4. The topological polar surface area (TPSA) is 105 Å². The van der Waals surface area contributed by atoms with Crippen LogP contribution in [0.4, 0.5) is 16.4 Å². The third kappa shape index (κ3) is 6.93. The van der Waals surface area contributed by atoms with Gasteiger partial charge in [0.15, 0.2) is 5.06 Å². The standard InChI is InChI=1S/C17H19N3O3S.C13H19N3/c1-10-7-8-20-12(9-10)18-14(15(20)19-17(2,3)4)11-5-6-13(24-11)23-16(21)22;1-4-5-7-14-13-11(3)15-12-9-10(2)6-8-16(12)13/h5-9,19H,1-4H3,(H,21,22);6,8-9,14H,4-5,7H2,1-3H3. The Morgan fingerprint density at radius 2 is 1.60 bits per heavy atom. The average molecular weight is 563 g/mol. The predicted octanol–water partition coefficient (Wildman–Crippen LogP) is 7.80. The van der Waals surface area contributed by atoms with Crippen LogP contribution in [0.1, 0.15) is 57.4 Å². The number of imidazole rings is 2. The minimum Gasteiger partial charge on any atom is -0.449 e. The van der Waals surface area contributed by atoms with Gasteiger partial charge in [0.2, 0.25) is 0 Å². The summed E-state index contributed by atoms with van der Waals surface area (Å²) >= 11 is 1.26. The molecule has 9 nitrogen and oxygen atoms in total. The summed E-state index contributed by atoms with van der Waals surface area (Å²) in [6.07, 6.45) is 5.15. The molecular formula is C30H38N6O3S. The van der Waals surface area contributed by atoms with Crippen LogP contribution in [0.2, 0.25) is 0 Å². The number of hydrogen-bond donors (Lipinski definition) is 3. The third-order valence-corrected chi connectivity index (χ3v) is 7.03. The van der Waals surface area contributed by atoms with Gasteiger partial charge in [0, 0.05) is 24.5 Å². The van der Waals surface area contributed by atoms with Crippen LogP contribution in [0.25, 0.3) is 21.9 Å². The highest BCUT2D eigenvalue weighted by atomic mass is 32.1. The Balaban J connectivity index is 0.000000201. The monoisotopic (exact) mass is 562 g/mol. The summed E-state index contributed by atoms with van der Waals surface area (Å²) in [4.78, 5) is 20.8. The number of rotatable bonds is 7. The van der Waals surface area contributed by atoms with Crippen LogP contribution < -0.4 is 15.4 Å². The number of unbranched alkanes of at least 4 members (excludes halogenated alkanes) is 1. The molecule has 0 saturated carbocycles. The Morgan fingerprint density at radius 3 is 2.20 bits per heavy atom. The molecule has 0 saturated heterocycles. The maximum Gasteiger partial charge on any atom is 0.512 e. The van der Waals surface area contributed by atoms with Gasteiger partial charge in [0.05, 0.1) is 10.6 Å². The number of thiophene rings is 1. The van der Waals surface area contributed by atoms with E-state index in [-0.39, 0.29) is 5.54 Å². The van der Waals surface area contributed by atoms with Crippen LogP contribution in [0.3, 0.4) is 0 Å². The van der Waals surface area contributed by atoms with Crippen LogP contribution in [-0.2, 0) is 0 Å². The molecule has 5 heterocycles. The lowest BCUT2D eigenvalue weighted by atomic mass is 10.1. The van der Waals surface area contributed by atoms with Crippen molar-refractivity contribution in [3.8, 4) is 15.6 Å². The summed E-state index contributed by atoms with van der Waals surface area (Å²) in [7, 11) is 0. The Labute approximate surface area is 238 Å². The second-order valence-electron chi connectivity index (χ2n) is 10.9. The van der Waals surface area contributed by atoms with Crippen molar-refractivity contribution >= 4 is 40.4 Å². The number of aryl methyl sites for hydroxylation is 3. The maximum atomic E-state index is 10.7. The van der Waals surface area contributed by atoms with Crippen LogP contribution in [0.5, 0.6) is 5.06 Å². The van der Waals surface area contributed by atoms with E-state index < -0.39 is 6.16 Å². The lowest BCUT2D eigenvalue weighted by molar-refractivity contribution is 0.146. The number of carbonyl (C=O) groups is 1. The normalized spacial score (nSPS) is 11.4. The van der Waals surface area contributed by atoms with Crippen molar-refractivity contribution in [2.24, 2.45) is 0 Å². The Morgan fingerprint density at radius 1 is 0.975 bits per heavy atom. The summed E-state index contributed by atoms with van der Waals surface area (Å²) in [5.41, 5.74) is 5.94. The smallest absolute Gasteiger partial charge is 0.449 e. The van der Waals surface area contributed by atoms with Gasteiger partial charge in [-0.25, -0.2) is 14.8 Å². The van der Waals surface area contributed by atoms with Crippen LogP contribution in [-0.4, -0.2) is 42.1 Å². The maximum absolute atomic E-state index is 10.7. The fraction of sp³-hybridized carbons (Fsp3) is 0.367. The van der Waals surface area contributed by atoms with Crippen molar-refractivity contribution in [3.63, 3.8) is 0 Å². The van der Waals surface area contributed by atoms with E-state index in [9.17, 15) is 4.79 Å². The zero-order chi connectivity index (χ0) is 29.0. The van der Waals surface area contributed by atoms with Crippen LogP contribution >= 0.6 is 11.3 Å². The molecule has 212 valence electrons. The van der Waals surface area contributed by atoms with E-state index >= 15 is 0 Å². The molecule has 0 spiro atoms. The van der Waals surface area contributed by atoms with E-state index in [4.69, 9.17) is 14.8 Å². The van der Waals surface area contributed by atoms with Crippen molar-refractivity contribution in [1.82, 2.24) is 18.8 Å². The summed E-state index contributed by atoms with van der Waals surface area (Å²) in [5.74, 6) is 2.00. The van der Waals surface area contributed by atoms with Crippen LogP contribution in [0, 0.1) is 20.8 Å². The van der Waals surface area contributed by atoms with E-state index in [0.717, 1.165) is 51.3 Å². The first kappa shape index (κ1) is 28.9. The molecule has 5 rings (SSSR count). The number of hydrogen-bond acceptors (Lipinski definition) is 7. The zero-order valence-electron chi connectivity index (χ0n) is 24.2. The number of anilines is 2. The summed E-state index contributed by atoms with van der Waals surface area (Å²) in [5, 5.41) is 16.0. The van der Waals surface area contributed by atoms with Crippen molar-refractivity contribution in [2.45, 2.75) is 66.8 Å². The fourth-order valence-electron chi connectivity index (χ4n) is 4.24. The number of nitrogens with zero attached hydrogens (tertiary/aromatic N) is 4. The van der Waals surface area contributed by atoms with E-state index in [0.29, 0.717) is 5.06 Å². The van der Waals surface area contributed by atoms with Gasteiger partial charge in [-0.15, -0.1) is 0 Å². The van der Waals surface area contributed by atoms with Gasteiger partial charge in [-0.2, -0.15) is 0 Å². The molecule has 0 bridgehead atoms. The van der Waals surface area contributed by atoms with Gasteiger partial charge in [0.25, 0.3) is 0 Å². The SMILES string of the molecule is CCCCNc1c(C)nc2cc(C)ccn12.Cc1ccn2c(NC(C)(C)C)c(-c3ccc(OC(=O)O)s3)nc2c1. The van der Waals surface area contributed by atoms with Crippen molar-refractivity contribution in [2.75, 3.05) is 17.2 Å². The molecule has 0 atom stereocenters. The molecule has 0 radical (unpaired) electrons. The third-order valence-electron chi connectivity index (χ3n) is 6.06. The van der Waals surface area contributed by atoms with E-state index in [1.54, 1.807) is 6.07 Å². The van der Waals surface area contributed by atoms with Crippen molar-refractivity contribution in [3.05, 3.63) is 65.6 Å². The molecule has 0 aliphatic heterocycles. The first-order valence-electron chi connectivity index (χ1n) is 13.4. The van der Waals surface area contributed by atoms with Gasteiger partial charge in [-0.3, -0.25) is 8.80 Å². The molecule has 0 aliphatic carbocycles. The molecule has 0 amide bonds. The molecule has 3 N–H and O–H groups in total. The van der Waals surface area contributed by atoms with Gasteiger partial charge in [-0.05, 0) is 95.5 Å². The Bertz CT molecular complexity index is 1630. The Kier molecular flexibility index (Phi) is 8.68. The molecule has 0 unspecified atom stereocenters. The predicted molar refractivity (Wildman–Crippen MR) is 163 cm³/mol. The van der Waals surface area contributed by atoms with Gasteiger partial charge < -0.3 is 20.5 Å². The van der Waals surface area contributed by atoms with Crippen molar-refractivity contribution < 1.29 is 14.6 Å². The first-order chi connectivity index (χ1) is 18.9. The molecule has 40 heavy (non-hydrogen) atoms. The minimum atomic E-state index is -1.32. The van der Waals surface area contributed by atoms with Gasteiger partial charge >= 0.3 is 6.16 Å². The lowest BCUT2D eigenvalue weighted by Gasteiger charge is -2.22. The molecule has 0 aromatic carbocycles. The molecular weight excluding hydrogens is 524 g/mol. The number of ether oxygens (including phenoxy) is 1. The molecule has 5 aromatic rings. The van der Waals surface area contributed by atoms with E-state index in [1.807, 2.05) is 35.7 Å². The second kappa shape index (κ2) is 12.0. The van der Waals surface area contributed by atoms with E-state index in [1.165, 1.54) is 29.7 Å². The minimum absolute atomic E-state index is 0.146. The van der Waals surface area contributed by atoms with E-state index in [2.05, 4.69) is 79.9 Å². The number of nitrogens with one attached hydrogen (secondary N) is 2. The molecule has 5 aromatic heterocycles. The van der Waals surface area contributed by atoms with Crippen LogP contribution in [0.15, 0.2) is 48.8 Å².